The Morgan fingerprint density at radius 2 is 2.31 bits per heavy atom. The maximum Gasteiger partial charge on any atom is 0.144 e. The molecule has 4 nitrogen and oxygen atoms in total. The number of pyridine rings is 1. The van der Waals surface area contributed by atoms with Crippen LogP contribution in [0.15, 0.2) is 12.1 Å². The van der Waals surface area contributed by atoms with Crippen LogP contribution in [-0.4, -0.2) is 27.2 Å². The highest BCUT2D eigenvalue weighted by atomic mass is 32.2. The van der Waals surface area contributed by atoms with Crippen LogP contribution in [0.5, 0.6) is 0 Å². The van der Waals surface area contributed by atoms with Gasteiger partial charge < -0.3 is 5.32 Å². The summed E-state index contributed by atoms with van der Waals surface area (Å²) in [7, 11) is -0.856. The minimum atomic E-state index is -0.856. The van der Waals surface area contributed by atoms with E-state index in [1.54, 1.807) is 18.4 Å². The summed E-state index contributed by atoms with van der Waals surface area (Å²) < 4.78 is 11.1. The van der Waals surface area contributed by atoms with Crippen LogP contribution in [0.3, 0.4) is 0 Å². The lowest BCUT2D eigenvalue weighted by atomic mass is 10.2. The van der Waals surface area contributed by atoms with Crippen molar-refractivity contribution >= 4 is 16.6 Å². The Balaban J connectivity index is 2.84. The van der Waals surface area contributed by atoms with Crippen molar-refractivity contribution in [3.63, 3.8) is 0 Å². The predicted molar refractivity (Wildman–Crippen MR) is 65.7 cm³/mol. The third-order valence-corrected chi connectivity index (χ3v) is 2.99. The molecule has 0 spiro atoms. The average Bonchev–Trinajstić information content (AvgIpc) is 2.16. The monoisotopic (exact) mass is 237 g/mol. The lowest BCUT2D eigenvalue weighted by Crippen LogP contribution is -2.23. The van der Waals surface area contributed by atoms with Crippen LogP contribution in [0.25, 0.3) is 0 Å². The van der Waals surface area contributed by atoms with Gasteiger partial charge >= 0.3 is 0 Å². The first-order valence-electron chi connectivity index (χ1n) is 4.97. The van der Waals surface area contributed by atoms with Gasteiger partial charge in [-0.1, -0.05) is 0 Å². The summed E-state index contributed by atoms with van der Waals surface area (Å²) in [5, 5.41) is 12.0. The first kappa shape index (κ1) is 12.7. The third-order valence-electron chi connectivity index (χ3n) is 2.02. The van der Waals surface area contributed by atoms with Crippen molar-refractivity contribution in [2.45, 2.75) is 19.9 Å². The molecule has 0 saturated heterocycles. The molecule has 0 aliphatic heterocycles. The molecule has 2 atom stereocenters. The van der Waals surface area contributed by atoms with Gasteiger partial charge in [0.1, 0.15) is 11.9 Å². The summed E-state index contributed by atoms with van der Waals surface area (Å²) in [4.78, 5) is 4.26. The Bertz CT molecular complexity index is 439. The molecule has 16 heavy (non-hydrogen) atoms. The van der Waals surface area contributed by atoms with E-state index >= 15 is 0 Å². The van der Waals surface area contributed by atoms with Gasteiger partial charge in [-0.25, -0.2) is 4.98 Å². The first-order chi connectivity index (χ1) is 7.52. The van der Waals surface area contributed by atoms with Gasteiger partial charge in [-0.05, 0) is 26.0 Å². The number of nitrogens with zero attached hydrogens (tertiary/aromatic N) is 2. The molecule has 0 saturated carbocycles. The smallest absolute Gasteiger partial charge is 0.144 e. The molecule has 1 aromatic heterocycles. The predicted octanol–water partition coefficient (Wildman–Crippen LogP) is 1.44. The Kier molecular flexibility index (Phi) is 4.44. The van der Waals surface area contributed by atoms with Crippen LogP contribution >= 0.6 is 0 Å². The SMILES string of the molecule is Cc1ccc(C#N)c(NC(C)CS(C)=O)n1. The van der Waals surface area contributed by atoms with Gasteiger partial charge in [0, 0.05) is 34.5 Å². The first-order valence-corrected chi connectivity index (χ1v) is 6.70. The molecule has 1 rings (SSSR count). The van der Waals surface area contributed by atoms with Gasteiger partial charge in [0.05, 0.1) is 5.56 Å². The molecular weight excluding hydrogens is 222 g/mol. The van der Waals surface area contributed by atoms with E-state index < -0.39 is 10.8 Å². The molecule has 1 N–H and O–H groups in total. The van der Waals surface area contributed by atoms with Gasteiger partial charge in [-0.15, -0.1) is 0 Å². The van der Waals surface area contributed by atoms with E-state index in [1.807, 2.05) is 13.8 Å². The fourth-order valence-electron chi connectivity index (χ4n) is 1.38. The molecule has 0 aromatic carbocycles. The Labute approximate surface area is 98.2 Å². The summed E-state index contributed by atoms with van der Waals surface area (Å²) in [5.41, 5.74) is 1.37. The highest BCUT2D eigenvalue weighted by Gasteiger charge is 2.09. The number of nitrogens with one attached hydrogen (secondary N) is 1. The molecule has 1 heterocycles. The Morgan fingerprint density at radius 3 is 2.88 bits per heavy atom. The van der Waals surface area contributed by atoms with Crippen molar-refractivity contribution in [3.8, 4) is 6.07 Å². The molecule has 1 aromatic rings. The van der Waals surface area contributed by atoms with Crippen molar-refractivity contribution in [2.75, 3.05) is 17.3 Å². The number of hydrogen-bond acceptors (Lipinski definition) is 4. The van der Waals surface area contributed by atoms with Crippen LogP contribution in [0.1, 0.15) is 18.2 Å². The standard InChI is InChI=1S/C11H15N3OS/c1-8-4-5-10(6-12)11(13-8)14-9(2)7-16(3)15/h4-5,9H,7H2,1-3H3,(H,13,14). The zero-order valence-corrected chi connectivity index (χ0v) is 10.5. The summed E-state index contributed by atoms with van der Waals surface area (Å²) in [5.74, 6) is 1.11. The van der Waals surface area contributed by atoms with E-state index in [0.717, 1.165) is 5.69 Å². The van der Waals surface area contributed by atoms with E-state index in [4.69, 9.17) is 5.26 Å². The maximum atomic E-state index is 11.1. The van der Waals surface area contributed by atoms with E-state index in [0.29, 0.717) is 17.1 Å². The molecule has 2 unspecified atom stereocenters. The van der Waals surface area contributed by atoms with Crippen molar-refractivity contribution in [1.82, 2.24) is 4.98 Å². The van der Waals surface area contributed by atoms with Crippen LogP contribution in [-0.2, 0) is 10.8 Å². The van der Waals surface area contributed by atoms with Gasteiger partial charge in [-0.2, -0.15) is 5.26 Å². The second-order valence-corrected chi connectivity index (χ2v) is 5.23. The highest BCUT2D eigenvalue weighted by molar-refractivity contribution is 7.84. The molecule has 0 bridgehead atoms. The number of aromatic nitrogens is 1. The highest BCUT2D eigenvalue weighted by Crippen LogP contribution is 2.13. The zero-order chi connectivity index (χ0) is 12.1. The Morgan fingerprint density at radius 1 is 1.62 bits per heavy atom. The van der Waals surface area contributed by atoms with Crippen LogP contribution in [0, 0.1) is 18.3 Å². The summed E-state index contributed by atoms with van der Waals surface area (Å²) >= 11 is 0. The molecule has 0 aliphatic carbocycles. The molecule has 0 fully saturated rings. The van der Waals surface area contributed by atoms with Crippen molar-refractivity contribution in [2.24, 2.45) is 0 Å². The van der Waals surface area contributed by atoms with E-state index in [2.05, 4.69) is 16.4 Å². The number of nitriles is 1. The lowest BCUT2D eigenvalue weighted by Gasteiger charge is -2.14. The second-order valence-electron chi connectivity index (χ2n) is 3.75. The molecule has 0 aliphatic rings. The van der Waals surface area contributed by atoms with Crippen molar-refractivity contribution in [3.05, 3.63) is 23.4 Å². The van der Waals surface area contributed by atoms with Crippen molar-refractivity contribution in [1.29, 1.82) is 5.26 Å². The minimum Gasteiger partial charge on any atom is -0.366 e. The quantitative estimate of drug-likeness (QED) is 0.860. The summed E-state index contributed by atoms with van der Waals surface area (Å²) in [6.07, 6.45) is 1.66. The lowest BCUT2D eigenvalue weighted by molar-refractivity contribution is 0.683. The normalized spacial score (nSPS) is 13.9. The van der Waals surface area contributed by atoms with E-state index in [9.17, 15) is 4.21 Å². The molecule has 0 amide bonds. The van der Waals surface area contributed by atoms with Crippen LogP contribution in [0.2, 0.25) is 0 Å². The third kappa shape index (κ3) is 3.63. The van der Waals surface area contributed by atoms with Crippen molar-refractivity contribution < 1.29 is 4.21 Å². The number of rotatable bonds is 4. The zero-order valence-electron chi connectivity index (χ0n) is 9.65. The van der Waals surface area contributed by atoms with Gasteiger partial charge in [-0.3, -0.25) is 4.21 Å². The molecular formula is C11H15N3OS. The summed E-state index contributed by atoms with van der Waals surface area (Å²) in [6, 6.07) is 5.65. The van der Waals surface area contributed by atoms with E-state index in [1.165, 1.54) is 0 Å². The second kappa shape index (κ2) is 5.61. The van der Waals surface area contributed by atoms with E-state index in [-0.39, 0.29) is 6.04 Å². The van der Waals surface area contributed by atoms with Gasteiger partial charge in [0.25, 0.3) is 0 Å². The fourth-order valence-corrected chi connectivity index (χ4v) is 2.17. The molecule has 0 radical (unpaired) electrons. The van der Waals surface area contributed by atoms with Crippen LogP contribution in [0.4, 0.5) is 5.82 Å². The van der Waals surface area contributed by atoms with Gasteiger partial charge in [0.15, 0.2) is 0 Å². The summed E-state index contributed by atoms with van der Waals surface area (Å²) in [6.45, 7) is 3.79. The van der Waals surface area contributed by atoms with Crippen LogP contribution < -0.4 is 5.32 Å². The minimum absolute atomic E-state index is 0.0345. The van der Waals surface area contributed by atoms with Gasteiger partial charge in [0.2, 0.25) is 0 Å². The topological polar surface area (TPSA) is 65.8 Å². The average molecular weight is 237 g/mol. The number of hydrogen-bond donors (Lipinski definition) is 1. The maximum absolute atomic E-state index is 11.1. The Hall–Kier alpha value is -1.41. The fraction of sp³-hybridized carbons (Fsp3) is 0.455. The molecule has 86 valence electrons. The number of aryl methyl sites for hydroxylation is 1. The molecule has 5 heteroatoms. The number of anilines is 1. The largest absolute Gasteiger partial charge is 0.366 e.